The van der Waals surface area contributed by atoms with Crippen molar-refractivity contribution in [2.75, 3.05) is 0 Å². The number of halogens is 1. The van der Waals surface area contributed by atoms with Crippen molar-refractivity contribution in [3.05, 3.63) is 65.0 Å². The molecule has 1 aliphatic carbocycles. The molecule has 10 heteroatoms. The highest BCUT2D eigenvalue weighted by Gasteiger charge is 2.25. The number of carbonyl (C=O) groups is 2. The second-order valence-electron chi connectivity index (χ2n) is 11.3. The lowest BCUT2D eigenvalue weighted by Gasteiger charge is -2.30. The monoisotopic (exact) mass is 536 g/mol. The fraction of sp³-hybridized carbons (Fsp3) is 0.483. The molecule has 0 saturated heterocycles. The first-order valence-electron chi connectivity index (χ1n) is 13.4. The van der Waals surface area contributed by atoms with Gasteiger partial charge in [0.05, 0.1) is 0 Å². The van der Waals surface area contributed by atoms with E-state index in [0.29, 0.717) is 28.6 Å². The van der Waals surface area contributed by atoms with Crippen molar-refractivity contribution in [2.24, 2.45) is 5.92 Å². The Hall–Kier alpha value is -3.82. The van der Waals surface area contributed by atoms with Gasteiger partial charge < -0.3 is 15.4 Å². The third kappa shape index (κ3) is 8.08. The molecular weight excluding hydrogens is 499 g/mol. The molecule has 0 bridgehead atoms. The van der Waals surface area contributed by atoms with E-state index >= 15 is 0 Å². The normalized spacial score (nSPS) is 17.5. The third-order valence-electron chi connectivity index (χ3n) is 6.67. The van der Waals surface area contributed by atoms with Gasteiger partial charge in [-0.1, -0.05) is 12.1 Å². The summed E-state index contributed by atoms with van der Waals surface area (Å²) in [5, 5.41) is 10.5. The maximum absolute atomic E-state index is 13.5. The Morgan fingerprint density at radius 2 is 1.85 bits per heavy atom. The van der Waals surface area contributed by atoms with E-state index in [1.54, 1.807) is 31.5 Å². The molecule has 0 radical (unpaired) electrons. The molecule has 4 rings (SSSR count). The molecule has 0 atom stereocenters. The van der Waals surface area contributed by atoms with Crippen LogP contribution >= 0.6 is 0 Å². The van der Waals surface area contributed by atoms with Gasteiger partial charge in [-0.3, -0.25) is 9.48 Å². The maximum Gasteiger partial charge on any atom is 0.407 e. The predicted molar refractivity (Wildman–Crippen MR) is 145 cm³/mol. The summed E-state index contributed by atoms with van der Waals surface area (Å²) in [5.41, 5.74) is 2.51. The maximum atomic E-state index is 13.5. The van der Waals surface area contributed by atoms with Crippen LogP contribution in [0.15, 0.2) is 36.7 Å². The lowest BCUT2D eigenvalue weighted by Crippen LogP contribution is -2.41. The minimum atomic E-state index is -0.507. The minimum Gasteiger partial charge on any atom is -0.444 e. The quantitative estimate of drug-likeness (QED) is 0.434. The molecule has 208 valence electrons. The van der Waals surface area contributed by atoms with Gasteiger partial charge in [-0.2, -0.15) is 5.10 Å². The number of alkyl carbamates (subject to hydrolysis) is 1. The number of pyridine rings is 1. The molecule has 2 heterocycles. The summed E-state index contributed by atoms with van der Waals surface area (Å²) in [6.45, 7) is 10.1. The molecule has 2 aromatic heterocycles. The number of carbonyl (C=O) groups excluding carboxylic acids is 2. The number of amides is 2. The van der Waals surface area contributed by atoms with E-state index in [9.17, 15) is 14.0 Å². The molecule has 2 N–H and O–H groups in total. The highest BCUT2D eigenvalue weighted by atomic mass is 19.1. The predicted octanol–water partition coefficient (Wildman–Crippen LogP) is 5.11. The second-order valence-corrected chi connectivity index (χ2v) is 11.3. The van der Waals surface area contributed by atoms with Crippen LogP contribution < -0.4 is 10.6 Å². The van der Waals surface area contributed by atoms with Crippen molar-refractivity contribution in [3.63, 3.8) is 0 Å². The standard InChI is InChI=1S/C29H37FN6O3/c1-18-12-21(8-11-24(18)30)15-31-27(37)25-14-22(13-19(2)33-25)26-32-17-36(35-26)16-20-6-9-23(10-7-20)34-28(38)39-29(3,4)5/h8,11-14,17,20,23H,6-7,9-10,15-16H2,1-5H3,(H,31,37)(H,34,38). The first kappa shape index (κ1) is 28.2. The number of nitrogens with one attached hydrogen (secondary N) is 2. The van der Waals surface area contributed by atoms with Gasteiger partial charge in [0.1, 0.15) is 23.4 Å². The number of hydrogen-bond acceptors (Lipinski definition) is 6. The Balaban J connectivity index is 1.32. The van der Waals surface area contributed by atoms with Crippen LogP contribution in [0.2, 0.25) is 0 Å². The van der Waals surface area contributed by atoms with Crippen molar-refractivity contribution in [2.45, 2.75) is 85.0 Å². The number of hydrogen-bond donors (Lipinski definition) is 2. The number of ether oxygens (including phenoxy) is 1. The van der Waals surface area contributed by atoms with Gasteiger partial charge in [-0.25, -0.2) is 19.2 Å². The second kappa shape index (κ2) is 11.9. The SMILES string of the molecule is Cc1cc(-c2ncn(CC3CCC(NC(=O)OC(C)(C)C)CC3)n2)cc(C(=O)NCc2ccc(F)c(C)c2)n1. The molecule has 3 aromatic rings. The Morgan fingerprint density at radius 3 is 2.54 bits per heavy atom. The number of rotatable bonds is 7. The van der Waals surface area contributed by atoms with E-state index < -0.39 is 5.60 Å². The summed E-state index contributed by atoms with van der Waals surface area (Å²) in [6.07, 6.45) is 5.09. The van der Waals surface area contributed by atoms with Crippen molar-refractivity contribution in [3.8, 4) is 11.4 Å². The lowest BCUT2D eigenvalue weighted by molar-refractivity contribution is 0.0485. The van der Waals surface area contributed by atoms with Gasteiger partial charge in [0.2, 0.25) is 0 Å². The van der Waals surface area contributed by atoms with E-state index in [4.69, 9.17) is 4.74 Å². The molecule has 1 fully saturated rings. The Morgan fingerprint density at radius 1 is 1.10 bits per heavy atom. The van der Waals surface area contributed by atoms with Crippen LogP contribution in [0.5, 0.6) is 0 Å². The summed E-state index contributed by atoms with van der Waals surface area (Å²) in [7, 11) is 0. The number of benzene rings is 1. The Labute approximate surface area is 228 Å². The van der Waals surface area contributed by atoms with E-state index in [1.807, 2.05) is 38.4 Å². The highest BCUT2D eigenvalue weighted by molar-refractivity contribution is 5.93. The molecule has 0 aliphatic heterocycles. The van der Waals surface area contributed by atoms with Crippen LogP contribution in [0.3, 0.4) is 0 Å². The molecule has 2 amide bonds. The zero-order valence-corrected chi connectivity index (χ0v) is 23.3. The van der Waals surface area contributed by atoms with Crippen molar-refractivity contribution in [1.82, 2.24) is 30.4 Å². The topological polar surface area (TPSA) is 111 Å². The Bertz CT molecular complexity index is 1320. The van der Waals surface area contributed by atoms with Crippen molar-refractivity contribution < 1.29 is 18.7 Å². The fourth-order valence-corrected chi connectivity index (χ4v) is 4.75. The zero-order valence-electron chi connectivity index (χ0n) is 23.3. The fourth-order valence-electron chi connectivity index (χ4n) is 4.75. The summed E-state index contributed by atoms with van der Waals surface area (Å²) in [4.78, 5) is 33.7. The van der Waals surface area contributed by atoms with Gasteiger partial charge >= 0.3 is 6.09 Å². The van der Waals surface area contributed by atoms with Gasteiger partial charge in [-0.05, 0) is 95.5 Å². The summed E-state index contributed by atoms with van der Waals surface area (Å²) < 4.78 is 20.7. The van der Waals surface area contributed by atoms with Crippen LogP contribution in [0.4, 0.5) is 9.18 Å². The lowest BCUT2D eigenvalue weighted by atomic mass is 9.86. The highest BCUT2D eigenvalue weighted by Crippen LogP contribution is 2.26. The molecule has 0 unspecified atom stereocenters. The third-order valence-corrected chi connectivity index (χ3v) is 6.67. The van der Waals surface area contributed by atoms with Crippen molar-refractivity contribution >= 4 is 12.0 Å². The van der Waals surface area contributed by atoms with Crippen LogP contribution in [-0.4, -0.2) is 43.4 Å². The first-order chi connectivity index (χ1) is 18.4. The average molecular weight is 537 g/mol. The summed E-state index contributed by atoms with van der Waals surface area (Å²) in [6, 6.07) is 8.43. The van der Waals surface area contributed by atoms with E-state index in [-0.39, 0.29) is 36.1 Å². The van der Waals surface area contributed by atoms with Crippen LogP contribution in [-0.2, 0) is 17.8 Å². The molecule has 1 aromatic carbocycles. The largest absolute Gasteiger partial charge is 0.444 e. The number of aryl methyl sites for hydroxylation is 2. The van der Waals surface area contributed by atoms with Gasteiger partial charge in [0.15, 0.2) is 5.82 Å². The number of nitrogens with zero attached hydrogens (tertiary/aromatic N) is 4. The van der Waals surface area contributed by atoms with E-state index in [2.05, 4.69) is 25.7 Å². The summed E-state index contributed by atoms with van der Waals surface area (Å²) >= 11 is 0. The Kier molecular flexibility index (Phi) is 8.62. The van der Waals surface area contributed by atoms with E-state index in [0.717, 1.165) is 37.8 Å². The average Bonchev–Trinajstić information content (AvgIpc) is 3.33. The molecule has 9 nitrogen and oxygen atoms in total. The van der Waals surface area contributed by atoms with Gasteiger partial charge in [0, 0.05) is 30.4 Å². The van der Waals surface area contributed by atoms with E-state index in [1.165, 1.54) is 6.07 Å². The van der Waals surface area contributed by atoms with Gasteiger partial charge in [-0.15, -0.1) is 0 Å². The molecule has 1 saturated carbocycles. The molecule has 0 spiro atoms. The van der Waals surface area contributed by atoms with Crippen LogP contribution in [0.25, 0.3) is 11.4 Å². The smallest absolute Gasteiger partial charge is 0.407 e. The molecular formula is C29H37FN6O3. The minimum absolute atomic E-state index is 0.124. The van der Waals surface area contributed by atoms with Crippen LogP contribution in [0.1, 0.15) is 73.8 Å². The zero-order chi connectivity index (χ0) is 28.2. The number of aromatic nitrogens is 4. The van der Waals surface area contributed by atoms with Gasteiger partial charge in [0.25, 0.3) is 5.91 Å². The first-order valence-corrected chi connectivity index (χ1v) is 13.4. The summed E-state index contributed by atoms with van der Waals surface area (Å²) in [5.74, 6) is 0.374. The molecule has 1 aliphatic rings. The van der Waals surface area contributed by atoms with Crippen LogP contribution in [0, 0.1) is 25.6 Å². The van der Waals surface area contributed by atoms with Crippen molar-refractivity contribution in [1.29, 1.82) is 0 Å². The molecule has 39 heavy (non-hydrogen) atoms.